The number of rotatable bonds is 4. The quantitative estimate of drug-likeness (QED) is 0.883. The predicted molar refractivity (Wildman–Crippen MR) is 80.1 cm³/mol. The van der Waals surface area contributed by atoms with Gasteiger partial charge in [-0.3, -0.25) is 4.79 Å². The summed E-state index contributed by atoms with van der Waals surface area (Å²) in [4.78, 5) is 18.0. The fraction of sp³-hybridized carbons (Fsp3) is 0.538. The highest BCUT2D eigenvalue weighted by Crippen LogP contribution is 2.15. The molecule has 0 aliphatic carbocycles. The van der Waals surface area contributed by atoms with Gasteiger partial charge < -0.3 is 15.5 Å². The summed E-state index contributed by atoms with van der Waals surface area (Å²) in [6, 6.07) is 3.88. The fourth-order valence-corrected chi connectivity index (χ4v) is 2.00. The molecule has 0 unspecified atom stereocenters. The molecule has 0 radical (unpaired) electrons. The Bertz CT molecular complexity index is 390. The zero-order valence-electron chi connectivity index (χ0n) is 11.2. The van der Waals surface area contributed by atoms with Gasteiger partial charge in [0.1, 0.15) is 5.82 Å². The number of carbonyl (C=O) groups is 1. The van der Waals surface area contributed by atoms with Gasteiger partial charge in [-0.05, 0) is 18.6 Å². The minimum atomic E-state index is 0. The Morgan fingerprint density at radius 3 is 2.74 bits per heavy atom. The van der Waals surface area contributed by atoms with Crippen LogP contribution in [0.3, 0.4) is 0 Å². The second-order valence-electron chi connectivity index (χ2n) is 4.44. The summed E-state index contributed by atoms with van der Waals surface area (Å²) in [5.74, 6) is 0.659. The lowest BCUT2D eigenvalue weighted by Gasteiger charge is -2.29. The van der Waals surface area contributed by atoms with Crippen LogP contribution in [-0.4, -0.2) is 37.1 Å². The molecule has 2 heterocycles. The Labute approximate surface area is 120 Å². The van der Waals surface area contributed by atoms with Gasteiger partial charge in [0.15, 0.2) is 0 Å². The highest BCUT2D eigenvalue weighted by molar-refractivity contribution is 5.89. The van der Waals surface area contributed by atoms with Crippen molar-refractivity contribution in [3.05, 3.63) is 18.3 Å². The predicted octanol–water partition coefficient (Wildman–Crippen LogP) is 1.65. The van der Waals surface area contributed by atoms with E-state index in [1.807, 2.05) is 25.3 Å². The maximum atomic E-state index is 11.4. The highest BCUT2D eigenvalue weighted by atomic mass is 35.5. The maximum Gasteiger partial charge on any atom is 0.225 e. The lowest BCUT2D eigenvalue weighted by Crippen LogP contribution is -2.43. The Kier molecular flexibility index (Phi) is 6.59. The van der Waals surface area contributed by atoms with Crippen LogP contribution >= 0.6 is 12.4 Å². The summed E-state index contributed by atoms with van der Waals surface area (Å²) in [7, 11) is 0. The summed E-state index contributed by atoms with van der Waals surface area (Å²) >= 11 is 0. The van der Waals surface area contributed by atoms with Crippen LogP contribution in [0.1, 0.15) is 19.8 Å². The van der Waals surface area contributed by atoms with E-state index in [2.05, 4.69) is 20.5 Å². The van der Waals surface area contributed by atoms with Crippen LogP contribution in [0.15, 0.2) is 18.3 Å². The van der Waals surface area contributed by atoms with Crippen molar-refractivity contribution in [2.45, 2.75) is 19.8 Å². The van der Waals surface area contributed by atoms with Crippen molar-refractivity contribution in [1.29, 1.82) is 0 Å². The Morgan fingerprint density at radius 2 is 2.16 bits per heavy atom. The standard InChI is InChI=1S/C13H20N4O.ClH/c1-2-3-13(18)16-12-5-4-11(10-15-12)17-8-6-14-7-9-17;/h4-5,10,14H,2-3,6-9H2,1H3,(H,15,16,18);1H. The van der Waals surface area contributed by atoms with E-state index in [4.69, 9.17) is 0 Å². The molecule has 0 aromatic carbocycles. The SMILES string of the molecule is CCCC(=O)Nc1ccc(N2CCNCC2)cn1.Cl. The number of aromatic nitrogens is 1. The third-order valence-electron chi connectivity index (χ3n) is 2.97. The molecule has 106 valence electrons. The van der Waals surface area contributed by atoms with E-state index >= 15 is 0 Å². The molecule has 1 saturated heterocycles. The molecule has 1 fully saturated rings. The summed E-state index contributed by atoms with van der Waals surface area (Å²) in [5, 5.41) is 6.11. The fourth-order valence-electron chi connectivity index (χ4n) is 2.00. The molecule has 0 saturated carbocycles. The zero-order valence-corrected chi connectivity index (χ0v) is 12.0. The van der Waals surface area contributed by atoms with Crippen LogP contribution in [-0.2, 0) is 4.79 Å². The summed E-state index contributed by atoms with van der Waals surface area (Å²) in [6.07, 6.45) is 3.22. The van der Waals surface area contributed by atoms with E-state index in [1.54, 1.807) is 0 Å². The third-order valence-corrected chi connectivity index (χ3v) is 2.97. The average Bonchev–Trinajstić information content (AvgIpc) is 2.41. The Balaban J connectivity index is 0.00000180. The van der Waals surface area contributed by atoms with E-state index in [0.29, 0.717) is 12.2 Å². The number of piperazine rings is 1. The second-order valence-corrected chi connectivity index (χ2v) is 4.44. The molecule has 0 atom stereocenters. The first-order chi connectivity index (χ1) is 8.79. The van der Waals surface area contributed by atoms with E-state index in [0.717, 1.165) is 38.3 Å². The molecule has 1 amide bonds. The molecule has 0 bridgehead atoms. The summed E-state index contributed by atoms with van der Waals surface area (Å²) in [6.45, 7) is 6.01. The Hall–Kier alpha value is -1.33. The number of nitrogens with zero attached hydrogens (tertiary/aromatic N) is 2. The van der Waals surface area contributed by atoms with Crippen LogP contribution < -0.4 is 15.5 Å². The lowest BCUT2D eigenvalue weighted by molar-refractivity contribution is -0.116. The minimum Gasteiger partial charge on any atom is -0.368 e. The smallest absolute Gasteiger partial charge is 0.225 e. The first kappa shape index (κ1) is 15.7. The van der Waals surface area contributed by atoms with Gasteiger partial charge in [0.2, 0.25) is 5.91 Å². The van der Waals surface area contributed by atoms with E-state index in [9.17, 15) is 4.79 Å². The molecule has 0 spiro atoms. The number of nitrogens with one attached hydrogen (secondary N) is 2. The molecular formula is C13H21ClN4O. The van der Waals surface area contributed by atoms with Gasteiger partial charge in [-0.15, -0.1) is 12.4 Å². The molecule has 19 heavy (non-hydrogen) atoms. The van der Waals surface area contributed by atoms with Crippen molar-refractivity contribution in [2.75, 3.05) is 36.4 Å². The molecule has 1 aromatic heterocycles. The van der Waals surface area contributed by atoms with E-state index in [1.165, 1.54) is 0 Å². The van der Waals surface area contributed by atoms with Crippen molar-refractivity contribution in [2.24, 2.45) is 0 Å². The second kappa shape index (κ2) is 7.96. The number of carbonyl (C=O) groups excluding carboxylic acids is 1. The normalized spacial score (nSPS) is 14.7. The molecule has 2 rings (SSSR count). The van der Waals surface area contributed by atoms with Gasteiger partial charge >= 0.3 is 0 Å². The van der Waals surface area contributed by atoms with Crippen molar-refractivity contribution in [1.82, 2.24) is 10.3 Å². The molecule has 1 aliphatic heterocycles. The van der Waals surface area contributed by atoms with Crippen LogP contribution in [0, 0.1) is 0 Å². The first-order valence-electron chi connectivity index (χ1n) is 6.51. The van der Waals surface area contributed by atoms with E-state index in [-0.39, 0.29) is 18.3 Å². The molecule has 1 aliphatic rings. The van der Waals surface area contributed by atoms with Gasteiger partial charge in [-0.2, -0.15) is 0 Å². The Morgan fingerprint density at radius 1 is 1.42 bits per heavy atom. The van der Waals surface area contributed by atoms with Crippen molar-refractivity contribution < 1.29 is 4.79 Å². The summed E-state index contributed by atoms with van der Waals surface area (Å²) in [5.41, 5.74) is 1.12. The number of amides is 1. The van der Waals surface area contributed by atoms with Gasteiger partial charge in [0.05, 0.1) is 11.9 Å². The van der Waals surface area contributed by atoms with Gasteiger partial charge in [-0.25, -0.2) is 4.98 Å². The van der Waals surface area contributed by atoms with Gasteiger partial charge in [-0.1, -0.05) is 6.92 Å². The zero-order chi connectivity index (χ0) is 12.8. The number of anilines is 2. The van der Waals surface area contributed by atoms with Crippen LogP contribution in [0.4, 0.5) is 11.5 Å². The molecule has 6 heteroatoms. The van der Waals surface area contributed by atoms with Crippen LogP contribution in [0.2, 0.25) is 0 Å². The topological polar surface area (TPSA) is 57.3 Å². The highest BCUT2D eigenvalue weighted by Gasteiger charge is 2.10. The number of hydrogen-bond donors (Lipinski definition) is 2. The molecular weight excluding hydrogens is 264 g/mol. The van der Waals surface area contributed by atoms with Crippen molar-refractivity contribution in [3.8, 4) is 0 Å². The van der Waals surface area contributed by atoms with Crippen LogP contribution in [0.25, 0.3) is 0 Å². The third kappa shape index (κ3) is 4.69. The van der Waals surface area contributed by atoms with Gasteiger partial charge in [0.25, 0.3) is 0 Å². The number of hydrogen-bond acceptors (Lipinski definition) is 4. The number of pyridine rings is 1. The average molecular weight is 285 g/mol. The lowest BCUT2D eigenvalue weighted by atomic mass is 10.3. The monoisotopic (exact) mass is 284 g/mol. The molecule has 2 N–H and O–H groups in total. The minimum absolute atomic E-state index is 0. The van der Waals surface area contributed by atoms with Gasteiger partial charge in [0, 0.05) is 32.6 Å². The summed E-state index contributed by atoms with van der Waals surface area (Å²) < 4.78 is 0. The van der Waals surface area contributed by atoms with Crippen molar-refractivity contribution in [3.63, 3.8) is 0 Å². The number of halogens is 1. The maximum absolute atomic E-state index is 11.4. The van der Waals surface area contributed by atoms with E-state index < -0.39 is 0 Å². The molecule has 5 nitrogen and oxygen atoms in total. The van der Waals surface area contributed by atoms with Crippen molar-refractivity contribution >= 4 is 29.8 Å². The first-order valence-corrected chi connectivity index (χ1v) is 6.51. The molecule has 1 aromatic rings. The largest absolute Gasteiger partial charge is 0.368 e. The van der Waals surface area contributed by atoms with Crippen LogP contribution in [0.5, 0.6) is 0 Å².